The number of benzene rings is 1. The summed E-state index contributed by atoms with van der Waals surface area (Å²) in [5.74, 6) is 1.52. The van der Waals surface area contributed by atoms with E-state index in [2.05, 4.69) is 31.1 Å². The number of anilines is 1. The topological polar surface area (TPSA) is 167 Å². The highest BCUT2D eigenvalue weighted by Crippen LogP contribution is 2.50. The Kier molecular flexibility index (Phi) is 11.1. The number of nitrogens with zero attached hydrogens (tertiary/aromatic N) is 3. The van der Waals surface area contributed by atoms with Gasteiger partial charge in [-0.25, -0.2) is 0 Å². The van der Waals surface area contributed by atoms with Gasteiger partial charge in [-0.3, -0.25) is 19.4 Å². The smallest absolute Gasteiger partial charge is 0.242 e. The van der Waals surface area contributed by atoms with Crippen molar-refractivity contribution in [2.75, 3.05) is 33.2 Å². The lowest BCUT2D eigenvalue weighted by Gasteiger charge is -2.24. The molecule has 1 aliphatic carbocycles. The summed E-state index contributed by atoms with van der Waals surface area (Å²) < 4.78 is 22.5. The predicted octanol–water partition coefficient (Wildman–Crippen LogP) is 4.49. The first kappa shape index (κ1) is 34.9. The van der Waals surface area contributed by atoms with E-state index in [4.69, 9.17) is 18.7 Å². The molecule has 13 nitrogen and oxygen atoms in total. The number of pyridine rings is 1. The van der Waals surface area contributed by atoms with Crippen LogP contribution in [-0.4, -0.2) is 60.9 Å². The minimum absolute atomic E-state index is 0.119. The Morgan fingerprint density at radius 1 is 1.06 bits per heavy atom. The van der Waals surface area contributed by atoms with Crippen LogP contribution in [0, 0.1) is 5.92 Å². The molecule has 0 saturated heterocycles. The van der Waals surface area contributed by atoms with Gasteiger partial charge in [0.1, 0.15) is 11.7 Å². The molecule has 3 atom stereocenters. The van der Waals surface area contributed by atoms with Crippen LogP contribution < -0.4 is 35.6 Å². The highest BCUT2D eigenvalue weighted by molar-refractivity contribution is 5.86. The Balaban J connectivity index is 1.45. The number of carbonyl (C=O) groups is 2. The minimum atomic E-state index is -0.719. The lowest BCUT2D eigenvalue weighted by atomic mass is 9.95. The zero-order valence-corrected chi connectivity index (χ0v) is 28.6. The normalized spacial score (nSPS) is 14.7. The van der Waals surface area contributed by atoms with Gasteiger partial charge in [-0.2, -0.15) is 4.98 Å². The third kappa shape index (κ3) is 7.66. The summed E-state index contributed by atoms with van der Waals surface area (Å²) in [6, 6.07) is 11.2. The molecular weight excluding hydrogens is 628 g/mol. The number of aryl methyl sites for hydroxylation is 1. The Hall–Kier alpha value is -5.46. The van der Waals surface area contributed by atoms with Crippen LogP contribution in [0.15, 0.2) is 58.0 Å². The van der Waals surface area contributed by atoms with E-state index in [0.29, 0.717) is 71.5 Å². The van der Waals surface area contributed by atoms with Gasteiger partial charge in [0.2, 0.25) is 34.7 Å². The molecule has 1 aliphatic rings. The Morgan fingerprint density at radius 3 is 2.53 bits per heavy atom. The Labute approximate surface area is 284 Å². The van der Waals surface area contributed by atoms with Crippen molar-refractivity contribution < 1.29 is 28.3 Å². The van der Waals surface area contributed by atoms with Gasteiger partial charge < -0.3 is 34.7 Å². The van der Waals surface area contributed by atoms with Crippen molar-refractivity contribution in [1.82, 2.24) is 25.8 Å². The van der Waals surface area contributed by atoms with Crippen molar-refractivity contribution in [2.24, 2.45) is 5.92 Å². The van der Waals surface area contributed by atoms with Crippen LogP contribution in [0.2, 0.25) is 0 Å². The number of fused-ring (bicyclic) bond motifs is 3. The summed E-state index contributed by atoms with van der Waals surface area (Å²) in [5, 5.41) is 13.2. The fourth-order valence-corrected chi connectivity index (χ4v) is 6.05. The lowest BCUT2D eigenvalue weighted by molar-refractivity contribution is -0.123. The maximum absolute atomic E-state index is 13.9. The second-order valence-corrected chi connectivity index (χ2v) is 11.9. The highest BCUT2D eigenvalue weighted by Gasteiger charge is 2.30. The van der Waals surface area contributed by atoms with Gasteiger partial charge in [-0.15, -0.1) is 0 Å². The Bertz CT molecular complexity index is 1860. The number of carbonyl (C=O) groups excluding carboxylic acids is 2. The molecule has 2 aromatic heterocycles. The number of amides is 2. The zero-order chi connectivity index (χ0) is 35.1. The average Bonchev–Trinajstić information content (AvgIpc) is 3.46. The molecule has 2 heterocycles. The first-order valence-electron chi connectivity index (χ1n) is 16.2. The SMILES string of the molecule is CC[C@@H](C)[C@H](Nc1ccc2c(cc1=O)[C@@H](NC(C)=O)CCc1cc(OC)c(OC)c(OC)c1-2)C(=O)NCCc1nc(-c2ccccn2)no1. The quantitative estimate of drug-likeness (QED) is 0.183. The van der Waals surface area contributed by atoms with E-state index in [1.165, 1.54) is 20.1 Å². The van der Waals surface area contributed by atoms with Crippen molar-refractivity contribution in [3.63, 3.8) is 0 Å². The van der Waals surface area contributed by atoms with Crippen LogP contribution in [0.25, 0.3) is 22.6 Å². The molecule has 3 N–H and O–H groups in total. The van der Waals surface area contributed by atoms with Crippen molar-refractivity contribution in [3.05, 3.63) is 75.9 Å². The maximum Gasteiger partial charge on any atom is 0.242 e. The standard InChI is InChI=1S/C36H42N6O7/c1-7-20(2)32(36(45)38-17-15-30-41-35(42-49-30)27-10-8-9-16-37-27)40-26-14-12-23-24(19-28(26)44)25(39-21(3)43)13-11-22-18-29(46-4)33(47-5)34(48-6)31(22)23/h8-10,12,14,16,18-20,25,32H,7,11,13,15,17H2,1-6H3,(H,38,45)(H,39,43)(H,40,44)/t20-,25+,32+/m1/s1. The van der Waals surface area contributed by atoms with E-state index in [0.717, 1.165) is 11.1 Å². The summed E-state index contributed by atoms with van der Waals surface area (Å²) in [6.07, 6.45) is 3.77. The minimum Gasteiger partial charge on any atom is -0.493 e. The number of hydrogen-bond acceptors (Lipinski definition) is 11. The molecule has 0 fully saturated rings. The molecule has 5 rings (SSSR count). The molecule has 0 bridgehead atoms. The van der Waals surface area contributed by atoms with Crippen LogP contribution >= 0.6 is 0 Å². The molecule has 13 heteroatoms. The van der Waals surface area contributed by atoms with Crippen molar-refractivity contribution in [2.45, 2.75) is 58.5 Å². The van der Waals surface area contributed by atoms with Crippen molar-refractivity contribution in [3.8, 4) is 39.9 Å². The van der Waals surface area contributed by atoms with Gasteiger partial charge in [0, 0.05) is 31.6 Å². The summed E-state index contributed by atoms with van der Waals surface area (Å²) >= 11 is 0. The summed E-state index contributed by atoms with van der Waals surface area (Å²) in [4.78, 5) is 48.4. The number of aromatic nitrogens is 3. The molecule has 0 radical (unpaired) electrons. The van der Waals surface area contributed by atoms with Gasteiger partial charge >= 0.3 is 0 Å². The van der Waals surface area contributed by atoms with E-state index >= 15 is 0 Å². The van der Waals surface area contributed by atoms with Crippen LogP contribution in [-0.2, 0) is 22.4 Å². The van der Waals surface area contributed by atoms with E-state index in [-0.39, 0.29) is 35.4 Å². The third-order valence-corrected chi connectivity index (χ3v) is 8.72. The number of nitrogens with one attached hydrogen (secondary N) is 3. The largest absolute Gasteiger partial charge is 0.493 e. The van der Waals surface area contributed by atoms with Gasteiger partial charge in [0.15, 0.2) is 11.5 Å². The third-order valence-electron chi connectivity index (χ3n) is 8.72. The molecule has 2 amide bonds. The number of ether oxygens (including phenoxy) is 3. The second kappa shape index (κ2) is 15.6. The number of hydrogen-bond donors (Lipinski definition) is 3. The maximum atomic E-state index is 13.9. The number of methoxy groups -OCH3 is 3. The van der Waals surface area contributed by atoms with E-state index in [9.17, 15) is 14.4 Å². The van der Waals surface area contributed by atoms with Crippen molar-refractivity contribution >= 4 is 17.5 Å². The predicted molar refractivity (Wildman–Crippen MR) is 184 cm³/mol. The fraction of sp³-hybridized carbons (Fsp3) is 0.389. The van der Waals surface area contributed by atoms with Gasteiger partial charge in [0.25, 0.3) is 0 Å². The fourth-order valence-electron chi connectivity index (χ4n) is 6.05. The van der Waals surface area contributed by atoms with Crippen LogP contribution in [0.3, 0.4) is 0 Å². The molecule has 0 aliphatic heterocycles. The summed E-state index contributed by atoms with van der Waals surface area (Å²) in [5.41, 5.74) is 3.50. The molecule has 0 unspecified atom stereocenters. The molecular formula is C36H42N6O7. The molecule has 0 saturated carbocycles. The molecule has 49 heavy (non-hydrogen) atoms. The Morgan fingerprint density at radius 2 is 1.86 bits per heavy atom. The first-order chi connectivity index (χ1) is 23.7. The van der Waals surface area contributed by atoms with Gasteiger partial charge in [-0.1, -0.05) is 37.6 Å². The number of rotatable bonds is 13. The molecule has 0 spiro atoms. The van der Waals surface area contributed by atoms with Gasteiger partial charge in [0.05, 0.1) is 33.1 Å². The molecule has 4 aromatic rings. The van der Waals surface area contributed by atoms with Gasteiger partial charge in [-0.05, 0) is 65.8 Å². The summed E-state index contributed by atoms with van der Waals surface area (Å²) in [7, 11) is 4.65. The van der Waals surface area contributed by atoms with Crippen LogP contribution in [0.4, 0.5) is 5.69 Å². The monoisotopic (exact) mass is 670 g/mol. The first-order valence-corrected chi connectivity index (χ1v) is 16.2. The summed E-state index contributed by atoms with van der Waals surface area (Å²) in [6.45, 7) is 5.63. The van der Waals surface area contributed by atoms with E-state index in [1.807, 2.05) is 32.0 Å². The molecule has 2 aromatic carbocycles. The highest BCUT2D eigenvalue weighted by atomic mass is 16.5. The van der Waals surface area contributed by atoms with E-state index in [1.54, 1.807) is 38.6 Å². The average molecular weight is 671 g/mol. The lowest BCUT2D eigenvalue weighted by Crippen LogP contribution is -2.45. The van der Waals surface area contributed by atoms with Crippen LogP contribution in [0.1, 0.15) is 56.7 Å². The molecule has 258 valence electrons. The van der Waals surface area contributed by atoms with Crippen LogP contribution in [0.5, 0.6) is 17.2 Å². The van der Waals surface area contributed by atoms with Crippen molar-refractivity contribution in [1.29, 1.82) is 0 Å². The van der Waals surface area contributed by atoms with E-state index < -0.39 is 12.1 Å². The zero-order valence-electron chi connectivity index (χ0n) is 28.6. The second-order valence-electron chi connectivity index (χ2n) is 11.9.